The van der Waals surface area contributed by atoms with Crippen LogP contribution in [0.3, 0.4) is 0 Å². The van der Waals surface area contributed by atoms with Crippen LogP contribution in [-0.2, 0) is 15.7 Å². The summed E-state index contributed by atoms with van der Waals surface area (Å²) in [5.74, 6) is -0.175. The van der Waals surface area contributed by atoms with Crippen molar-refractivity contribution in [3.8, 4) is 16.9 Å². The number of carbonyl (C=O) groups excluding carboxylic acids is 1. The predicted octanol–water partition coefficient (Wildman–Crippen LogP) is 4.37. The Labute approximate surface area is 130 Å². The Morgan fingerprint density at radius 1 is 1.13 bits per heavy atom. The van der Waals surface area contributed by atoms with E-state index in [4.69, 9.17) is 4.74 Å². The van der Waals surface area contributed by atoms with Crippen molar-refractivity contribution in [1.29, 1.82) is 0 Å². The Morgan fingerprint density at radius 3 is 2.52 bits per heavy atom. The molecule has 0 radical (unpaired) electrons. The van der Waals surface area contributed by atoms with Crippen LogP contribution < -0.4 is 4.74 Å². The Bertz CT molecular complexity index is 753. The summed E-state index contributed by atoms with van der Waals surface area (Å²) in [7, 11) is 1.19. The van der Waals surface area contributed by atoms with Crippen LogP contribution in [0.2, 0.25) is 0 Å². The minimum atomic E-state index is -4.53. The van der Waals surface area contributed by atoms with Crippen molar-refractivity contribution in [2.75, 3.05) is 7.11 Å². The first kappa shape index (κ1) is 15.4. The molecule has 6 heteroatoms. The molecule has 1 heterocycles. The smallest absolute Gasteiger partial charge is 0.416 e. The van der Waals surface area contributed by atoms with Gasteiger partial charge in [0.05, 0.1) is 19.1 Å². The van der Waals surface area contributed by atoms with Crippen LogP contribution in [0, 0.1) is 0 Å². The topological polar surface area (TPSA) is 35.5 Å². The first-order chi connectivity index (χ1) is 10.9. The summed E-state index contributed by atoms with van der Waals surface area (Å²) in [4.78, 5) is 11.6. The fourth-order valence-electron chi connectivity index (χ4n) is 2.78. The lowest BCUT2D eigenvalue weighted by Gasteiger charge is -2.30. The van der Waals surface area contributed by atoms with Crippen molar-refractivity contribution in [3.63, 3.8) is 0 Å². The van der Waals surface area contributed by atoms with E-state index in [0.29, 0.717) is 16.9 Å². The van der Waals surface area contributed by atoms with Crippen LogP contribution in [0.25, 0.3) is 11.1 Å². The Hall–Kier alpha value is -2.50. The van der Waals surface area contributed by atoms with Gasteiger partial charge in [0.2, 0.25) is 0 Å². The summed E-state index contributed by atoms with van der Waals surface area (Å²) >= 11 is 0. The molecule has 0 fully saturated rings. The molecule has 0 aliphatic carbocycles. The van der Waals surface area contributed by atoms with E-state index in [1.165, 1.54) is 13.2 Å². The van der Waals surface area contributed by atoms with Crippen LogP contribution in [0.5, 0.6) is 5.75 Å². The van der Waals surface area contributed by atoms with Gasteiger partial charge in [0, 0.05) is 11.1 Å². The molecule has 1 unspecified atom stereocenters. The van der Waals surface area contributed by atoms with E-state index in [1.807, 2.05) is 0 Å². The molecule has 3 nitrogen and oxygen atoms in total. The van der Waals surface area contributed by atoms with Gasteiger partial charge < -0.3 is 9.47 Å². The second-order valence-corrected chi connectivity index (χ2v) is 5.15. The normalized spacial score (nSPS) is 16.1. The number of benzene rings is 2. The highest BCUT2D eigenvalue weighted by Gasteiger charge is 2.40. The van der Waals surface area contributed by atoms with Gasteiger partial charge in [0.1, 0.15) is 11.9 Å². The third-order valence-corrected chi connectivity index (χ3v) is 3.76. The van der Waals surface area contributed by atoms with E-state index in [-0.39, 0.29) is 12.0 Å². The molecule has 2 aromatic carbocycles. The van der Waals surface area contributed by atoms with Crippen LogP contribution in [0.4, 0.5) is 13.2 Å². The number of carbonyl (C=O) groups is 1. The minimum Gasteiger partial charge on any atom is -0.484 e. The molecule has 0 spiro atoms. The maximum atomic E-state index is 13.4. The van der Waals surface area contributed by atoms with Crippen molar-refractivity contribution < 1.29 is 27.4 Å². The predicted molar refractivity (Wildman–Crippen MR) is 76.9 cm³/mol. The third-order valence-electron chi connectivity index (χ3n) is 3.76. The molecule has 1 aliphatic rings. The van der Waals surface area contributed by atoms with Gasteiger partial charge >= 0.3 is 12.1 Å². The number of ether oxygens (including phenoxy) is 2. The van der Waals surface area contributed by atoms with E-state index in [0.717, 1.165) is 6.07 Å². The minimum absolute atomic E-state index is 0.0240. The van der Waals surface area contributed by atoms with Crippen molar-refractivity contribution in [2.45, 2.75) is 18.7 Å². The molecular formula is C17H13F3O3. The molecular weight excluding hydrogens is 309 g/mol. The fraction of sp³-hybridized carbons (Fsp3) is 0.235. The highest BCUT2D eigenvalue weighted by Crippen LogP contribution is 2.48. The second kappa shape index (κ2) is 5.61. The van der Waals surface area contributed by atoms with Crippen LogP contribution in [-0.4, -0.2) is 13.1 Å². The van der Waals surface area contributed by atoms with Gasteiger partial charge in [-0.3, -0.25) is 4.79 Å². The lowest BCUT2D eigenvalue weighted by Crippen LogP contribution is -2.22. The zero-order valence-corrected chi connectivity index (χ0v) is 12.2. The molecule has 0 saturated carbocycles. The average Bonchev–Trinajstić information content (AvgIpc) is 2.53. The van der Waals surface area contributed by atoms with Gasteiger partial charge in [0.25, 0.3) is 0 Å². The zero-order valence-electron chi connectivity index (χ0n) is 12.2. The Kier molecular flexibility index (Phi) is 3.75. The van der Waals surface area contributed by atoms with E-state index >= 15 is 0 Å². The first-order valence-electron chi connectivity index (χ1n) is 6.95. The molecule has 0 N–H and O–H groups in total. The van der Waals surface area contributed by atoms with E-state index in [2.05, 4.69) is 4.74 Å². The summed E-state index contributed by atoms with van der Waals surface area (Å²) in [6.45, 7) is 0. The van der Waals surface area contributed by atoms with Crippen molar-refractivity contribution in [2.24, 2.45) is 0 Å². The van der Waals surface area contributed by atoms with Gasteiger partial charge in [0.15, 0.2) is 0 Å². The molecule has 1 atom stereocenters. The molecule has 2 aromatic rings. The summed E-state index contributed by atoms with van der Waals surface area (Å²) in [5.41, 5.74) is 0.188. The number of hydrogen-bond acceptors (Lipinski definition) is 3. The number of esters is 1. The second-order valence-electron chi connectivity index (χ2n) is 5.15. The molecule has 3 rings (SSSR count). The lowest BCUT2D eigenvalue weighted by molar-refractivity contribution is -0.144. The van der Waals surface area contributed by atoms with Crippen molar-refractivity contribution >= 4 is 5.97 Å². The maximum Gasteiger partial charge on any atom is 0.416 e. The quantitative estimate of drug-likeness (QED) is 0.770. The van der Waals surface area contributed by atoms with Gasteiger partial charge in [-0.2, -0.15) is 13.2 Å². The van der Waals surface area contributed by atoms with Crippen molar-refractivity contribution in [1.82, 2.24) is 0 Å². The molecule has 120 valence electrons. The number of hydrogen-bond donors (Lipinski definition) is 0. The summed E-state index contributed by atoms with van der Waals surface area (Å²) < 4.78 is 50.4. The summed E-state index contributed by atoms with van der Waals surface area (Å²) in [5, 5.41) is 0. The molecule has 0 amide bonds. The number of methoxy groups -OCH3 is 1. The van der Waals surface area contributed by atoms with Crippen LogP contribution >= 0.6 is 0 Å². The monoisotopic (exact) mass is 322 g/mol. The lowest BCUT2D eigenvalue weighted by atomic mass is 9.87. The number of rotatable bonds is 2. The van der Waals surface area contributed by atoms with Gasteiger partial charge in [-0.1, -0.05) is 30.3 Å². The van der Waals surface area contributed by atoms with E-state index < -0.39 is 23.8 Å². The average molecular weight is 322 g/mol. The standard InChI is InChI=1S/C17H13F3O3/c1-22-15(21)9-14-16-11(6-4-7-12(16)17(18,19)20)10-5-2-3-8-13(10)23-14/h2-8,14H,9H2,1H3. The van der Waals surface area contributed by atoms with E-state index in [9.17, 15) is 18.0 Å². The number of halogens is 3. The Morgan fingerprint density at radius 2 is 1.83 bits per heavy atom. The zero-order chi connectivity index (χ0) is 16.6. The largest absolute Gasteiger partial charge is 0.484 e. The summed E-state index contributed by atoms with van der Waals surface area (Å²) in [6, 6.07) is 10.8. The third kappa shape index (κ3) is 2.76. The van der Waals surface area contributed by atoms with Gasteiger partial charge in [-0.05, 0) is 17.7 Å². The fourth-order valence-corrected chi connectivity index (χ4v) is 2.78. The number of fused-ring (bicyclic) bond motifs is 3. The summed E-state index contributed by atoms with van der Waals surface area (Å²) in [6.07, 6.45) is -5.86. The van der Waals surface area contributed by atoms with Crippen molar-refractivity contribution in [3.05, 3.63) is 53.6 Å². The Balaban J connectivity index is 2.21. The van der Waals surface area contributed by atoms with Gasteiger partial charge in [-0.15, -0.1) is 0 Å². The highest BCUT2D eigenvalue weighted by atomic mass is 19.4. The van der Waals surface area contributed by atoms with Gasteiger partial charge in [-0.25, -0.2) is 0 Å². The molecule has 1 aliphatic heterocycles. The molecule has 23 heavy (non-hydrogen) atoms. The van der Waals surface area contributed by atoms with Crippen LogP contribution in [0.1, 0.15) is 23.7 Å². The highest BCUT2D eigenvalue weighted by molar-refractivity contribution is 5.79. The first-order valence-corrected chi connectivity index (χ1v) is 6.95. The van der Waals surface area contributed by atoms with Crippen LogP contribution in [0.15, 0.2) is 42.5 Å². The maximum absolute atomic E-state index is 13.4. The molecule has 0 saturated heterocycles. The van der Waals surface area contributed by atoms with E-state index in [1.54, 1.807) is 30.3 Å². The molecule has 0 aromatic heterocycles. The number of para-hydroxylation sites is 1. The molecule has 0 bridgehead atoms. The number of alkyl halides is 3. The SMILES string of the molecule is COC(=O)CC1Oc2ccccc2-c2cccc(C(F)(F)F)c21.